The molecule has 1 amide bonds. The Labute approximate surface area is 82.6 Å². The van der Waals surface area contributed by atoms with E-state index in [1.807, 2.05) is 18.2 Å². The van der Waals surface area contributed by atoms with E-state index in [-0.39, 0.29) is 11.8 Å². The number of allylic oxidation sites excluding steroid dienone is 3. The summed E-state index contributed by atoms with van der Waals surface area (Å²) in [6, 6.07) is 0. The zero-order valence-electron chi connectivity index (χ0n) is 8.24. The van der Waals surface area contributed by atoms with E-state index in [1.165, 1.54) is 14.2 Å². The molecule has 1 unspecified atom stereocenters. The molecule has 14 heavy (non-hydrogen) atoms. The first-order valence-electron chi connectivity index (χ1n) is 4.53. The zero-order chi connectivity index (χ0) is 10.2. The Morgan fingerprint density at radius 2 is 2.21 bits per heavy atom. The fraction of sp³-hybridized carbons (Fsp3) is 0.500. The molecule has 1 saturated heterocycles. The summed E-state index contributed by atoms with van der Waals surface area (Å²) in [4.78, 5) is 11.7. The quantitative estimate of drug-likeness (QED) is 0.655. The van der Waals surface area contributed by atoms with Gasteiger partial charge in [-0.05, 0) is 12.5 Å². The first-order valence-corrected chi connectivity index (χ1v) is 4.53. The molecule has 2 rings (SSSR count). The second-order valence-corrected chi connectivity index (χ2v) is 3.37. The molecule has 1 N–H and O–H groups in total. The van der Waals surface area contributed by atoms with Crippen molar-refractivity contribution < 1.29 is 14.3 Å². The van der Waals surface area contributed by atoms with Gasteiger partial charge in [0, 0.05) is 19.9 Å². The summed E-state index contributed by atoms with van der Waals surface area (Å²) in [6.45, 7) is 0. The Kier molecular flexibility index (Phi) is 2.17. The summed E-state index contributed by atoms with van der Waals surface area (Å²) >= 11 is 0. The summed E-state index contributed by atoms with van der Waals surface area (Å²) in [5, 5.41) is 2.77. The van der Waals surface area contributed by atoms with Crippen molar-refractivity contribution >= 4 is 5.91 Å². The lowest BCUT2D eigenvalue weighted by atomic mass is 9.92. The van der Waals surface area contributed by atoms with Gasteiger partial charge in [0.25, 0.3) is 11.7 Å². The number of hydrogen-bond donors (Lipinski definition) is 1. The highest BCUT2D eigenvalue weighted by Gasteiger charge is 2.54. The highest BCUT2D eigenvalue weighted by atomic mass is 16.7. The van der Waals surface area contributed by atoms with E-state index < -0.39 is 5.79 Å². The predicted octanol–water partition coefficient (Wildman–Crippen LogP) is 0.565. The smallest absolute Gasteiger partial charge is 0.285 e. The number of fused-ring (bicyclic) bond motifs is 1. The fourth-order valence-corrected chi connectivity index (χ4v) is 2.05. The largest absolute Gasteiger partial charge is 0.345 e. The van der Waals surface area contributed by atoms with E-state index in [2.05, 4.69) is 5.32 Å². The van der Waals surface area contributed by atoms with E-state index in [0.29, 0.717) is 0 Å². The molecule has 0 aromatic carbocycles. The van der Waals surface area contributed by atoms with Crippen molar-refractivity contribution in [2.45, 2.75) is 12.2 Å². The number of carbonyl (C=O) groups excluding carboxylic acids is 1. The lowest BCUT2D eigenvalue weighted by Crippen LogP contribution is -2.46. The van der Waals surface area contributed by atoms with Crippen molar-refractivity contribution in [3.63, 3.8) is 0 Å². The number of methoxy groups -OCH3 is 2. The number of hydrogen-bond acceptors (Lipinski definition) is 3. The molecule has 0 spiro atoms. The van der Waals surface area contributed by atoms with Crippen LogP contribution in [0, 0.1) is 5.92 Å². The summed E-state index contributed by atoms with van der Waals surface area (Å²) in [5.41, 5.74) is 0.876. The third-order valence-electron chi connectivity index (χ3n) is 2.80. The number of carbonyl (C=O) groups is 1. The molecule has 1 atom stereocenters. The summed E-state index contributed by atoms with van der Waals surface area (Å²) in [7, 11) is 2.98. The molecular weight excluding hydrogens is 182 g/mol. The average Bonchev–Trinajstić information content (AvgIpc) is 2.50. The second-order valence-electron chi connectivity index (χ2n) is 3.37. The van der Waals surface area contributed by atoms with Crippen LogP contribution in [-0.2, 0) is 14.3 Å². The number of nitrogens with one attached hydrogen (secondary N) is 1. The van der Waals surface area contributed by atoms with E-state index in [9.17, 15) is 4.79 Å². The van der Waals surface area contributed by atoms with Crippen LogP contribution in [0.4, 0.5) is 0 Å². The Hall–Kier alpha value is -1.13. The third-order valence-corrected chi connectivity index (χ3v) is 2.80. The summed E-state index contributed by atoms with van der Waals surface area (Å²) in [5.74, 6) is -1.41. The molecule has 1 aliphatic carbocycles. The van der Waals surface area contributed by atoms with Crippen LogP contribution in [0.2, 0.25) is 0 Å². The normalized spacial score (nSPS) is 28.3. The van der Waals surface area contributed by atoms with Crippen LogP contribution in [0.25, 0.3) is 0 Å². The topological polar surface area (TPSA) is 47.6 Å². The van der Waals surface area contributed by atoms with E-state index in [1.54, 1.807) is 0 Å². The Bertz CT molecular complexity index is 315. The molecule has 76 valence electrons. The van der Waals surface area contributed by atoms with Crippen LogP contribution < -0.4 is 5.32 Å². The fourth-order valence-electron chi connectivity index (χ4n) is 2.05. The molecule has 0 bridgehead atoms. The average molecular weight is 195 g/mol. The lowest BCUT2D eigenvalue weighted by Gasteiger charge is -2.29. The van der Waals surface area contributed by atoms with Gasteiger partial charge in [0.2, 0.25) is 0 Å². The molecule has 2 aliphatic rings. The van der Waals surface area contributed by atoms with Crippen LogP contribution in [0.5, 0.6) is 0 Å². The molecule has 1 fully saturated rings. The van der Waals surface area contributed by atoms with Gasteiger partial charge in [0.1, 0.15) is 0 Å². The molecule has 4 nitrogen and oxygen atoms in total. The van der Waals surface area contributed by atoms with Crippen molar-refractivity contribution in [3.05, 3.63) is 23.9 Å². The van der Waals surface area contributed by atoms with Gasteiger partial charge < -0.3 is 14.8 Å². The van der Waals surface area contributed by atoms with Gasteiger partial charge in [0.05, 0.1) is 5.92 Å². The van der Waals surface area contributed by atoms with Crippen molar-refractivity contribution in [1.29, 1.82) is 0 Å². The monoisotopic (exact) mass is 195 g/mol. The first-order chi connectivity index (χ1) is 6.74. The van der Waals surface area contributed by atoms with Gasteiger partial charge in [-0.3, -0.25) is 4.79 Å². The molecule has 0 aromatic rings. The van der Waals surface area contributed by atoms with Crippen molar-refractivity contribution in [2.75, 3.05) is 14.2 Å². The molecule has 0 aromatic heterocycles. The molecular formula is C10H13NO3. The zero-order valence-corrected chi connectivity index (χ0v) is 8.24. The predicted molar refractivity (Wildman–Crippen MR) is 50.2 cm³/mol. The van der Waals surface area contributed by atoms with Crippen LogP contribution >= 0.6 is 0 Å². The summed E-state index contributed by atoms with van der Waals surface area (Å²) < 4.78 is 10.4. The maximum absolute atomic E-state index is 11.7. The van der Waals surface area contributed by atoms with Crippen molar-refractivity contribution in [2.24, 2.45) is 5.92 Å². The van der Waals surface area contributed by atoms with Crippen LogP contribution in [-0.4, -0.2) is 25.9 Å². The third kappa shape index (κ3) is 1.04. The second kappa shape index (κ2) is 3.22. The van der Waals surface area contributed by atoms with E-state index in [4.69, 9.17) is 9.47 Å². The van der Waals surface area contributed by atoms with Gasteiger partial charge in [0.15, 0.2) is 0 Å². The molecule has 0 saturated carbocycles. The lowest BCUT2D eigenvalue weighted by molar-refractivity contribution is -0.216. The van der Waals surface area contributed by atoms with Crippen molar-refractivity contribution in [3.8, 4) is 0 Å². The number of ether oxygens (including phenoxy) is 2. The Morgan fingerprint density at radius 3 is 2.86 bits per heavy atom. The first kappa shape index (κ1) is 9.43. The minimum Gasteiger partial charge on any atom is -0.345 e. The van der Waals surface area contributed by atoms with Crippen LogP contribution in [0.3, 0.4) is 0 Å². The highest BCUT2D eigenvalue weighted by molar-refractivity contribution is 5.89. The van der Waals surface area contributed by atoms with Gasteiger partial charge in [-0.1, -0.05) is 12.2 Å². The molecule has 0 radical (unpaired) electrons. The maximum atomic E-state index is 11.7. The van der Waals surface area contributed by atoms with Gasteiger partial charge in [-0.25, -0.2) is 0 Å². The highest BCUT2D eigenvalue weighted by Crippen LogP contribution is 2.38. The maximum Gasteiger partial charge on any atom is 0.285 e. The molecule has 1 heterocycles. The van der Waals surface area contributed by atoms with E-state index in [0.717, 1.165) is 12.1 Å². The Morgan fingerprint density at radius 1 is 1.50 bits per heavy atom. The number of rotatable bonds is 2. The summed E-state index contributed by atoms with van der Waals surface area (Å²) in [6.07, 6.45) is 6.56. The minimum absolute atomic E-state index is 0.0463. The molecule has 4 heteroatoms. The van der Waals surface area contributed by atoms with Gasteiger partial charge in [-0.2, -0.15) is 0 Å². The van der Waals surface area contributed by atoms with Gasteiger partial charge >= 0.3 is 0 Å². The minimum atomic E-state index is -1.14. The van der Waals surface area contributed by atoms with Crippen molar-refractivity contribution in [1.82, 2.24) is 5.32 Å². The number of amides is 1. The van der Waals surface area contributed by atoms with Crippen LogP contribution in [0.15, 0.2) is 23.9 Å². The van der Waals surface area contributed by atoms with Crippen LogP contribution in [0.1, 0.15) is 6.42 Å². The SMILES string of the molecule is COC1(OC)C(=O)NC2=CC=CCC21. The Balaban J connectivity index is 2.39. The van der Waals surface area contributed by atoms with E-state index >= 15 is 0 Å². The standard InChI is InChI=1S/C10H13NO3/c1-13-10(14-2)7-5-3-4-6-8(7)11-9(10)12/h3-4,6-7H,5H2,1-2H3,(H,11,12). The molecule has 1 aliphatic heterocycles. The van der Waals surface area contributed by atoms with Gasteiger partial charge in [-0.15, -0.1) is 0 Å².